The number of aryl methyl sites for hydroxylation is 1. The number of methoxy groups -OCH3 is 1. The average Bonchev–Trinajstić information content (AvgIpc) is 3.10. The highest BCUT2D eigenvalue weighted by molar-refractivity contribution is 8.00. The number of hydrogen-bond acceptors (Lipinski definition) is 4. The molecule has 2 aromatic carbocycles. The smallest absolute Gasteiger partial charge is 0.237 e. The van der Waals surface area contributed by atoms with E-state index in [0.717, 1.165) is 10.8 Å². The van der Waals surface area contributed by atoms with Crippen LogP contribution in [0.2, 0.25) is 5.02 Å². The fourth-order valence-corrected chi connectivity index (χ4v) is 3.69. The van der Waals surface area contributed by atoms with Crippen LogP contribution in [0, 0.1) is 6.92 Å². The van der Waals surface area contributed by atoms with Crippen molar-refractivity contribution in [2.24, 2.45) is 0 Å². The lowest BCUT2D eigenvalue weighted by Gasteiger charge is -2.14. The van der Waals surface area contributed by atoms with Crippen molar-refractivity contribution in [2.75, 3.05) is 12.4 Å². The van der Waals surface area contributed by atoms with E-state index in [1.165, 1.54) is 17.3 Å². The Morgan fingerprint density at radius 1 is 1.30 bits per heavy atom. The number of halogens is 1. The Morgan fingerprint density at radius 3 is 2.81 bits per heavy atom. The maximum atomic E-state index is 12.6. The van der Waals surface area contributed by atoms with Crippen LogP contribution in [0.1, 0.15) is 12.5 Å². The third-order valence-corrected chi connectivity index (χ3v) is 5.33. The maximum absolute atomic E-state index is 12.6. The van der Waals surface area contributed by atoms with Gasteiger partial charge in [-0.2, -0.15) is 0 Å². The molecule has 0 aliphatic rings. The van der Waals surface area contributed by atoms with Crippen molar-refractivity contribution in [3.05, 3.63) is 65.4 Å². The van der Waals surface area contributed by atoms with Gasteiger partial charge in [0.25, 0.3) is 0 Å². The number of hydrogen-bond donors (Lipinski definition) is 1. The first-order chi connectivity index (χ1) is 13.0. The Labute approximate surface area is 167 Å². The van der Waals surface area contributed by atoms with E-state index in [1.54, 1.807) is 31.5 Å². The van der Waals surface area contributed by atoms with Gasteiger partial charge in [-0.25, -0.2) is 4.98 Å². The van der Waals surface area contributed by atoms with E-state index in [0.29, 0.717) is 16.5 Å². The molecule has 0 saturated heterocycles. The summed E-state index contributed by atoms with van der Waals surface area (Å²) in [6.45, 7) is 3.89. The summed E-state index contributed by atoms with van der Waals surface area (Å²) in [5, 5.41) is 3.75. The van der Waals surface area contributed by atoms with Crippen LogP contribution in [-0.2, 0) is 4.79 Å². The van der Waals surface area contributed by atoms with Gasteiger partial charge in [-0.15, -0.1) is 0 Å². The molecule has 1 unspecified atom stereocenters. The quantitative estimate of drug-likeness (QED) is 0.593. The molecule has 1 N–H and O–H groups in total. The van der Waals surface area contributed by atoms with Crippen LogP contribution in [0.5, 0.6) is 5.75 Å². The molecule has 1 heterocycles. The molecule has 7 heteroatoms. The van der Waals surface area contributed by atoms with Gasteiger partial charge >= 0.3 is 0 Å². The number of benzene rings is 2. The van der Waals surface area contributed by atoms with Gasteiger partial charge in [0.1, 0.15) is 5.75 Å². The summed E-state index contributed by atoms with van der Waals surface area (Å²) in [7, 11) is 1.55. The number of carbonyl (C=O) groups is 1. The van der Waals surface area contributed by atoms with Crippen LogP contribution >= 0.6 is 23.4 Å². The van der Waals surface area contributed by atoms with Crippen molar-refractivity contribution in [3.63, 3.8) is 0 Å². The number of rotatable bonds is 6. The lowest BCUT2D eigenvalue weighted by molar-refractivity contribution is -0.115. The van der Waals surface area contributed by atoms with Crippen LogP contribution in [0.3, 0.4) is 0 Å². The van der Waals surface area contributed by atoms with E-state index in [2.05, 4.69) is 16.4 Å². The van der Waals surface area contributed by atoms with Gasteiger partial charge in [-0.3, -0.25) is 9.36 Å². The summed E-state index contributed by atoms with van der Waals surface area (Å²) in [6, 6.07) is 13.3. The highest BCUT2D eigenvalue weighted by Gasteiger charge is 2.18. The summed E-state index contributed by atoms with van der Waals surface area (Å²) in [4.78, 5) is 17.0. The molecule has 0 spiro atoms. The number of anilines is 1. The van der Waals surface area contributed by atoms with Gasteiger partial charge in [0, 0.05) is 23.8 Å². The Kier molecular flexibility index (Phi) is 6.08. The van der Waals surface area contributed by atoms with Crippen LogP contribution in [0.15, 0.2) is 60.0 Å². The minimum absolute atomic E-state index is 0.125. The van der Waals surface area contributed by atoms with Gasteiger partial charge in [-0.05, 0) is 49.7 Å². The number of nitrogens with zero attached hydrogens (tertiary/aromatic N) is 2. The van der Waals surface area contributed by atoms with E-state index in [4.69, 9.17) is 16.3 Å². The van der Waals surface area contributed by atoms with E-state index in [1.807, 2.05) is 42.8 Å². The molecule has 0 fully saturated rings. The Balaban J connectivity index is 1.71. The number of ether oxygens (including phenoxy) is 1. The van der Waals surface area contributed by atoms with Crippen molar-refractivity contribution in [1.29, 1.82) is 0 Å². The summed E-state index contributed by atoms with van der Waals surface area (Å²) < 4.78 is 7.10. The van der Waals surface area contributed by atoms with Crippen molar-refractivity contribution >= 4 is 35.0 Å². The maximum Gasteiger partial charge on any atom is 0.237 e. The molecule has 0 bridgehead atoms. The Morgan fingerprint density at radius 2 is 2.11 bits per heavy atom. The number of nitrogens with one attached hydrogen (secondary N) is 1. The monoisotopic (exact) mass is 401 g/mol. The number of carbonyl (C=O) groups excluding carboxylic acids is 1. The largest absolute Gasteiger partial charge is 0.495 e. The lowest BCUT2D eigenvalue weighted by Crippen LogP contribution is -2.22. The molecule has 3 rings (SSSR count). The Bertz CT molecular complexity index is 958. The number of amides is 1. The molecule has 0 radical (unpaired) electrons. The molecule has 0 aliphatic carbocycles. The Hall–Kier alpha value is -2.44. The zero-order chi connectivity index (χ0) is 19.4. The SMILES string of the molecule is COc1ccc(NC(=O)C(C)Sc2nccn2-c2cccc(C)c2)cc1Cl. The van der Waals surface area contributed by atoms with E-state index in [9.17, 15) is 4.79 Å². The highest BCUT2D eigenvalue weighted by Crippen LogP contribution is 2.29. The van der Waals surface area contributed by atoms with Crippen LogP contribution in [0.25, 0.3) is 5.69 Å². The zero-order valence-electron chi connectivity index (χ0n) is 15.3. The molecular weight excluding hydrogens is 382 g/mol. The van der Waals surface area contributed by atoms with Gasteiger partial charge in [0.2, 0.25) is 5.91 Å². The minimum atomic E-state index is -0.336. The summed E-state index contributed by atoms with van der Waals surface area (Å²) in [5.74, 6) is 0.442. The summed E-state index contributed by atoms with van der Waals surface area (Å²) >= 11 is 7.51. The second-order valence-corrected chi connectivity index (χ2v) is 7.73. The van der Waals surface area contributed by atoms with E-state index >= 15 is 0 Å². The fourth-order valence-electron chi connectivity index (χ4n) is 2.55. The summed E-state index contributed by atoms with van der Waals surface area (Å²) in [6.07, 6.45) is 3.63. The minimum Gasteiger partial charge on any atom is -0.495 e. The first-order valence-corrected chi connectivity index (χ1v) is 9.65. The first kappa shape index (κ1) is 19.3. The predicted molar refractivity (Wildman–Crippen MR) is 110 cm³/mol. The topological polar surface area (TPSA) is 56.1 Å². The molecule has 0 saturated carbocycles. The molecule has 1 aromatic heterocycles. The van der Waals surface area contributed by atoms with Gasteiger partial charge < -0.3 is 10.1 Å². The van der Waals surface area contributed by atoms with Crippen LogP contribution < -0.4 is 10.1 Å². The average molecular weight is 402 g/mol. The zero-order valence-corrected chi connectivity index (χ0v) is 16.8. The van der Waals surface area contributed by atoms with Gasteiger partial charge in [0.15, 0.2) is 5.16 Å². The molecule has 27 heavy (non-hydrogen) atoms. The van der Waals surface area contributed by atoms with E-state index in [-0.39, 0.29) is 11.2 Å². The van der Waals surface area contributed by atoms with Crippen molar-refractivity contribution < 1.29 is 9.53 Å². The first-order valence-electron chi connectivity index (χ1n) is 8.39. The summed E-state index contributed by atoms with van der Waals surface area (Å²) in [5.41, 5.74) is 2.81. The normalized spacial score (nSPS) is 11.9. The van der Waals surface area contributed by atoms with Crippen molar-refractivity contribution in [2.45, 2.75) is 24.3 Å². The fraction of sp³-hybridized carbons (Fsp3) is 0.200. The molecule has 5 nitrogen and oxygen atoms in total. The molecule has 1 atom stereocenters. The number of thioether (sulfide) groups is 1. The third kappa shape index (κ3) is 4.64. The highest BCUT2D eigenvalue weighted by atomic mass is 35.5. The second kappa shape index (κ2) is 8.50. The standard InChI is InChI=1S/C20H20ClN3O2S/c1-13-5-4-6-16(11-13)24-10-9-22-20(24)27-14(2)19(25)23-15-7-8-18(26-3)17(21)12-15/h4-12,14H,1-3H3,(H,23,25). The van der Waals surface area contributed by atoms with Crippen molar-refractivity contribution in [3.8, 4) is 11.4 Å². The lowest BCUT2D eigenvalue weighted by atomic mass is 10.2. The molecule has 140 valence electrons. The molecule has 3 aromatic rings. The number of aromatic nitrogens is 2. The van der Waals surface area contributed by atoms with E-state index < -0.39 is 0 Å². The van der Waals surface area contributed by atoms with Crippen molar-refractivity contribution in [1.82, 2.24) is 9.55 Å². The number of imidazole rings is 1. The van der Waals surface area contributed by atoms with Gasteiger partial charge in [-0.1, -0.05) is 35.5 Å². The second-order valence-electron chi connectivity index (χ2n) is 6.02. The predicted octanol–water partition coefficient (Wildman–Crippen LogP) is 4.96. The third-order valence-electron chi connectivity index (χ3n) is 3.96. The molecule has 0 aliphatic heterocycles. The van der Waals surface area contributed by atoms with Crippen LogP contribution in [0.4, 0.5) is 5.69 Å². The van der Waals surface area contributed by atoms with Gasteiger partial charge in [0.05, 0.1) is 17.4 Å². The molecule has 1 amide bonds. The molecular formula is C20H20ClN3O2S. The van der Waals surface area contributed by atoms with Crippen LogP contribution in [-0.4, -0.2) is 27.8 Å².